The maximum Gasteiger partial charge on any atom is 0.214 e. The molecular weight excluding hydrogens is 384 g/mol. The van der Waals surface area contributed by atoms with E-state index in [1.165, 1.54) is 0 Å². The number of rotatable bonds is 9. The molecule has 0 bridgehead atoms. The summed E-state index contributed by atoms with van der Waals surface area (Å²) in [5, 5.41) is 3.25. The van der Waals surface area contributed by atoms with Gasteiger partial charge in [0, 0.05) is 19.2 Å². The van der Waals surface area contributed by atoms with Crippen LogP contribution in [0.5, 0.6) is 17.4 Å². The standard InChI is InChI=1S/C16H19BrN2O3.ClH/c1-20-13-5-2-3-6-14(13)21-11-9-18-10-12-22-16-8-4-7-15(17)19-16;/h2-8,18H,9-12H2,1H3;1H. The van der Waals surface area contributed by atoms with Crippen molar-refractivity contribution in [2.75, 3.05) is 33.4 Å². The van der Waals surface area contributed by atoms with Gasteiger partial charge in [0.25, 0.3) is 0 Å². The summed E-state index contributed by atoms with van der Waals surface area (Å²) in [4.78, 5) is 4.19. The normalized spacial score (nSPS) is 9.83. The highest BCUT2D eigenvalue weighted by atomic mass is 79.9. The van der Waals surface area contributed by atoms with E-state index < -0.39 is 0 Å². The SMILES string of the molecule is COc1ccccc1OCCNCCOc1cccc(Br)n1.Cl. The Morgan fingerprint density at radius 2 is 1.65 bits per heavy atom. The molecule has 126 valence electrons. The van der Waals surface area contributed by atoms with Crippen molar-refractivity contribution in [3.63, 3.8) is 0 Å². The van der Waals surface area contributed by atoms with Gasteiger partial charge in [0.2, 0.25) is 5.88 Å². The first-order valence-corrected chi connectivity index (χ1v) is 7.81. The zero-order valence-corrected chi connectivity index (χ0v) is 15.2. The van der Waals surface area contributed by atoms with Gasteiger partial charge in [0.1, 0.15) is 17.8 Å². The molecule has 2 rings (SSSR count). The largest absolute Gasteiger partial charge is 0.493 e. The minimum Gasteiger partial charge on any atom is -0.493 e. The summed E-state index contributed by atoms with van der Waals surface area (Å²) in [7, 11) is 1.63. The molecule has 7 heteroatoms. The summed E-state index contributed by atoms with van der Waals surface area (Å²) < 4.78 is 17.2. The van der Waals surface area contributed by atoms with Crippen LogP contribution in [-0.2, 0) is 0 Å². The van der Waals surface area contributed by atoms with Crippen LogP contribution in [0.2, 0.25) is 0 Å². The quantitative estimate of drug-likeness (QED) is 0.514. The summed E-state index contributed by atoms with van der Waals surface area (Å²) in [5.74, 6) is 2.11. The number of nitrogens with one attached hydrogen (secondary N) is 1. The average molecular weight is 404 g/mol. The molecule has 0 saturated carbocycles. The van der Waals surface area contributed by atoms with E-state index in [0.717, 1.165) is 29.2 Å². The molecule has 0 saturated heterocycles. The zero-order chi connectivity index (χ0) is 15.6. The Morgan fingerprint density at radius 1 is 0.957 bits per heavy atom. The second-order valence-electron chi connectivity index (χ2n) is 4.40. The van der Waals surface area contributed by atoms with E-state index in [9.17, 15) is 0 Å². The second kappa shape index (κ2) is 11.1. The molecule has 5 nitrogen and oxygen atoms in total. The number of pyridine rings is 1. The molecule has 0 spiro atoms. The Labute approximate surface area is 150 Å². The van der Waals surface area contributed by atoms with Crippen molar-refractivity contribution in [2.45, 2.75) is 0 Å². The van der Waals surface area contributed by atoms with Crippen molar-refractivity contribution in [2.24, 2.45) is 0 Å². The molecule has 23 heavy (non-hydrogen) atoms. The van der Waals surface area contributed by atoms with Gasteiger partial charge in [-0.1, -0.05) is 18.2 Å². The lowest BCUT2D eigenvalue weighted by molar-refractivity contribution is 0.274. The Kier molecular flexibility index (Phi) is 9.43. The van der Waals surface area contributed by atoms with Crippen LogP contribution in [0.15, 0.2) is 47.1 Å². The molecule has 2 aromatic rings. The Bertz CT molecular complexity index is 587. The predicted molar refractivity (Wildman–Crippen MR) is 96.0 cm³/mol. The Morgan fingerprint density at radius 3 is 2.35 bits per heavy atom. The third-order valence-corrected chi connectivity index (χ3v) is 3.27. The molecule has 1 aromatic heterocycles. The van der Waals surface area contributed by atoms with Crippen molar-refractivity contribution < 1.29 is 14.2 Å². The second-order valence-corrected chi connectivity index (χ2v) is 5.21. The summed E-state index contributed by atoms with van der Waals surface area (Å²) in [6.45, 7) is 2.57. The Balaban J connectivity index is 0.00000264. The smallest absolute Gasteiger partial charge is 0.214 e. The zero-order valence-electron chi connectivity index (χ0n) is 12.8. The lowest BCUT2D eigenvalue weighted by atomic mass is 10.3. The summed E-state index contributed by atoms with van der Waals surface area (Å²) in [6.07, 6.45) is 0. The van der Waals surface area contributed by atoms with Gasteiger partial charge >= 0.3 is 0 Å². The van der Waals surface area contributed by atoms with Gasteiger partial charge in [0.05, 0.1) is 7.11 Å². The average Bonchev–Trinajstić information content (AvgIpc) is 2.54. The van der Waals surface area contributed by atoms with Crippen molar-refractivity contribution >= 4 is 28.3 Å². The highest BCUT2D eigenvalue weighted by Crippen LogP contribution is 2.25. The van der Waals surface area contributed by atoms with Crippen LogP contribution in [0.3, 0.4) is 0 Å². The lowest BCUT2D eigenvalue weighted by Gasteiger charge is -2.11. The van der Waals surface area contributed by atoms with E-state index >= 15 is 0 Å². The highest BCUT2D eigenvalue weighted by molar-refractivity contribution is 9.10. The highest BCUT2D eigenvalue weighted by Gasteiger charge is 2.01. The van der Waals surface area contributed by atoms with Gasteiger partial charge in [0.15, 0.2) is 11.5 Å². The molecule has 0 radical (unpaired) electrons. The van der Waals surface area contributed by atoms with Crippen LogP contribution in [0.1, 0.15) is 0 Å². The van der Waals surface area contributed by atoms with E-state index in [4.69, 9.17) is 14.2 Å². The first kappa shape index (κ1) is 19.5. The first-order chi connectivity index (χ1) is 10.8. The molecule has 1 aromatic carbocycles. The third-order valence-electron chi connectivity index (χ3n) is 2.82. The minimum atomic E-state index is 0. The minimum absolute atomic E-state index is 0. The fourth-order valence-electron chi connectivity index (χ4n) is 1.79. The molecule has 0 aliphatic heterocycles. The van der Waals surface area contributed by atoms with E-state index in [1.54, 1.807) is 7.11 Å². The summed E-state index contributed by atoms with van der Waals surface area (Å²) in [6, 6.07) is 13.2. The predicted octanol–water partition coefficient (Wildman–Crippen LogP) is 3.32. The van der Waals surface area contributed by atoms with Gasteiger partial charge in [-0.3, -0.25) is 0 Å². The maximum absolute atomic E-state index is 5.66. The van der Waals surface area contributed by atoms with E-state index in [1.807, 2.05) is 42.5 Å². The van der Waals surface area contributed by atoms with Crippen LogP contribution < -0.4 is 19.5 Å². The molecule has 0 aliphatic rings. The van der Waals surface area contributed by atoms with Crippen molar-refractivity contribution in [3.05, 3.63) is 47.1 Å². The topological polar surface area (TPSA) is 52.6 Å². The maximum atomic E-state index is 5.66. The van der Waals surface area contributed by atoms with Gasteiger partial charge < -0.3 is 19.5 Å². The number of methoxy groups -OCH3 is 1. The summed E-state index contributed by atoms with van der Waals surface area (Å²) in [5.41, 5.74) is 0. The number of hydrogen-bond acceptors (Lipinski definition) is 5. The first-order valence-electron chi connectivity index (χ1n) is 7.01. The molecule has 0 amide bonds. The number of hydrogen-bond donors (Lipinski definition) is 1. The van der Waals surface area contributed by atoms with Crippen molar-refractivity contribution in [1.29, 1.82) is 0 Å². The van der Waals surface area contributed by atoms with Crippen LogP contribution in [0.4, 0.5) is 0 Å². The molecular formula is C16H20BrClN2O3. The van der Waals surface area contributed by atoms with E-state index in [-0.39, 0.29) is 12.4 Å². The lowest BCUT2D eigenvalue weighted by Crippen LogP contribution is -2.26. The fourth-order valence-corrected chi connectivity index (χ4v) is 2.12. The van der Waals surface area contributed by atoms with Gasteiger partial charge in [-0.2, -0.15) is 0 Å². The molecule has 0 aliphatic carbocycles. The van der Waals surface area contributed by atoms with Gasteiger partial charge in [-0.25, -0.2) is 4.98 Å². The Hall–Kier alpha value is -1.50. The molecule has 1 N–H and O–H groups in total. The number of para-hydroxylation sites is 2. The van der Waals surface area contributed by atoms with Crippen LogP contribution in [-0.4, -0.2) is 38.4 Å². The molecule has 0 fully saturated rings. The van der Waals surface area contributed by atoms with E-state index in [0.29, 0.717) is 19.1 Å². The van der Waals surface area contributed by atoms with Crippen molar-refractivity contribution in [1.82, 2.24) is 10.3 Å². The fraction of sp³-hybridized carbons (Fsp3) is 0.312. The van der Waals surface area contributed by atoms with Gasteiger partial charge in [-0.05, 0) is 34.1 Å². The molecule has 1 heterocycles. The van der Waals surface area contributed by atoms with E-state index in [2.05, 4.69) is 26.2 Å². The number of ether oxygens (including phenoxy) is 3. The number of benzene rings is 1. The van der Waals surface area contributed by atoms with Crippen LogP contribution in [0.25, 0.3) is 0 Å². The number of halogens is 2. The van der Waals surface area contributed by atoms with Crippen LogP contribution >= 0.6 is 28.3 Å². The monoisotopic (exact) mass is 402 g/mol. The van der Waals surface area contributed by atoms with Gasteiger partial charge in [-0.15, -0.1) is 12.4 Å². The third kappa shape index (κ3) is 7.07. The number of aromatic nitrogens is 1. The van der Waals surface area contributed by atoms with Crippen molar-refractivity contribution in [3.8, 4) is 17.4 Å². The molecule has 0 unspecified atom stereocenters. The molecule has 0 atom stereocenters. The van der Waals surface area contributed by atoms with Crippen LogP contribution in [0, 0.1) is 0 Å². The summed E-state index contributed by atoms with van der Waals surface area (Å²) >= 11 is 3.31. The number of nitrogens with zero attached hydrogens (tertiary/aromatic N) is 1.